The number of hydrogen-bond donors (Lipinski definition) is 2. The Kier molecular flexibility index (Phi) is 5.15. The molecular formula is C18H13ClF3N7O2. The molecule has 3 heterocycles. The maximum Gasteiger partial charge on any atom is 0.573 e. The van der Waals surface area contributed by atoms with Crippen molar-refractivity contribution in [2.45, 2.75) is 12.9 Å². The molecule has 160 valence electrons. The first-order chi connectivity index (χ1) is 14.7. The molecular weight excluding hydrogens is 439 g/mol. The van der Waals surface area contributed by atoms with E-state index in [4.69, 9.17) is 17.3 Å². The van der Waals surface area contributed by atoms with Gasteiger partial charge in [-0.05, 0) is 42.0 Å². The lowest BCUT2D eigenvalue weighted by Gasteiger charge is -2.10. The van der Waals surface area contributed by atoms with Gasteiger partial charge >= 0.3 is 6.36 Å². The highest BCUT2D eigenvalue weighted by Gasteiger charge is 2.31. The van der Waals surface area contributed by atoms with E-state index in [1.165, 1.54) is 21.3 Å². The number of nitrogens with zero attached hydrogens (tertiary/aromatic N) is 5. The second-order valence-electron chi connectivity index (χ2n) is 6.34. The number of nitrogens with two attached hydrogens (primary N) is 1. The molecule has 1 aromatic carbocycles. The first-order valence-corrected chi connectivity index (χ1v) is 9.05. The standard InChI is InChI=1S/C18H13ClF3N7O2/c19-16-13(10-5-6-29-14(7-10)25-17(23)27-29)8-28(26-16)9-15(30)24-11-1-3-12(4-2-11)31-18(20,21)22/h1-8H,9H2,(H2,23,27)(H,24,30). The van der Waals surface area contributed by atoms with Crippen LogP contribution in [0.5, 0.6) is 5.75 Å². The minimum absolute atomic E-state index is 0.133. The molecule has 0 bridgehead atoms. The molecule has 1 amide bonds. The van der Waals surface area contributed by atoms with Crippen LogP contribution in [0, 0.1) is 0 Å². The highest BCUT2D eigenvalue weighted by molar-refractivity contribution is 6.32. The molecule has 0 fully saturated rings. The Morgan fingerprint density at radius 2 is 1.94 bits per heavy atom. The van der Waals surface area contributed by atoms with Crippen molar-refractivity contribution in [3.63, 3.8) is 0 Å². The van der Waals surface area contributed by atoms with Gasteiger partial charge in [-0.25, -0.2) is 4.52 Å². The number of carbonyl (C=O) groups is 1. The summed E-state index contributed by atoms with van der Waals surface area (Å²) in [6.07, 6.45) is -1.53. The lowest BCUT2D eigenvalue weighted by Crippen LogP contribution is -2.19. The van der Waals surface area contributed by atoms with E-state index in [0.717, 1.165) is 12.1 Å². The van der Waals surface area contributed by atoms with Crippen molar-refractivity contribution in [2.75, 3.05) is 11.1 Å². The first kappa shape index (κ1) is 20.5. The van der Waals surface area contributed by atoms with E-state index in [1.807, 2.05) is 0 Å². The second kappa shape index (κ2) is 7.80. The summed E-state index contributed by atoms with van der Waals surface area (Å²) in [6.45, 7) is -0.166. The number of ether oxygens (including phenoxy) is 1. The van der Waals surface area contributed by atoms with Crippen LogP contribution in [0.25, 0.3) is 16.8 Å². The molecule has 0 atom stereocenters. The van der Waals surface area contributed by atoms with Gasteiger partial charge in [0, 0.05) is 23.6 Å². The van der Waals surface area contributed by atoms with Crippen molar-refractivity contribution in [1.29, 1.82) is 0 Å². The third kappa shape index (κ3) is 4.86. The Hall–Kier alpha value is -3.80. The SMILES string of the molecule is Nc1nc2cc(-c3cn(CC(=O)Nc4ccc(OC(F)(F)F)cc4)nc3Cl)ccn2n1. The molecule has 9 nitrogen and oxygen atoms in total. The van der Waals surface area contributed by atoms with E-state index in [9.17, 15) is 18.0 Å². The molecule has 0 saturated heterocycles. The molecule has 4 rings (SSSR count). The molecule has 4 aromatic rings. The van der Waals surface area contributed by atoms with E-state index >= 15 is 0 Å². The van der Waals surface area contributed by atoms with Crippen LogP contribution in [-0.2, 0) is 11.3 Å². The molecule has 0 aliphatic rings. The zero-order chi connectivity index (χ0) is 22.2. The molecule has 0 unspecified atom stereocenters. The predicted molar refractivity (Wildman–Crippen MR) is 105 cm³/mol. The van der Waals surface area contributed by atoms with Crippen molar-refractivity contribution in [1.82, 2.24) is 24.4 Å². The van der Waals surface area contributed by atoms with Crippen LogP contribution in [0.4, 0.5) is 24.8 Å². The summed E-state index contributed by atoms with van der Waals surface area (Å²) in [7, 11) is 0. The minimum Gasteiger partial charge on any atom is -0.406 e. The fourth-order valence-corrected chi connectivity index (χ4v) is 3.08. The van der Waals surface area contributed by atoms with Crippen LogP contribution in [0.15, 0.2) is 48.8 Å². The summed E-state index contributed by atoms with van der Waals surface area (Å²) in [6, 6.07) is 8.25. The summed E-state index contributed by atoms with van der Waals surface area (Å²) >= 11 is 6.21. The van der Waals surface area contributed by atoms with E-state index < -0.39 is 12.3 Å². The van der Waals surface area contributed by atoms with E-state index in [-0.39, 0.29) is 23.4 Å². The van der Waals surface area contributed by atoms with Crippen LogP contribution in [-0.4, -0.2) is 36.6 Å². The minimum atomic E-state index is -4.78. The number of alkyl halides is 3. The monoisotopic (exact) mass is 451 g/mol. The smallest absolute Gasteiger partial charge is 0.406 e. The van der Waals surface area contributed by atoms with E-state index in [0.29, 0.717) is 22.5 Å². The average molecular weight is 452 g/mol. The number of benzene rings is 1. The molecule has 0 saturated carbocycles. The first-order valence-electron chi connectivity index (χ1n) is 8.67. The Morgan fingerprint density at radius 1 is 1.19 bits per heavy atom. The number of rotatable bonds is 5. The average Bonchev–Trinajstić information content (AvgIpc) is 3.22. The third-order valence-corrected chi connectivity index (χ3v) is 4.34. The van der Waals surface area contributed by atoms with Gasteiger partial charge in [-0.2, -0.15) is 10.1 Å². The summed E-state index contributed by atoms with van der Waals surface area (Å²) in [5.41, 5.74) is 7.68. The van der Waals surface area contributed by atoms with Gasteiger partial charge in [-0.15, -0.1) is 18.3 Å². The van der Waals surface area contributed by atoms with Gasteiger partial charge in [0.15, 0.2) is 10.8 Å². The van der Waals surface area contributed by atoms with Crippen molar-refractivity contribution in [3.05, 3.63) is 53.9 Å². The molecule has 0 aliphatic heterocycles. The summed E-state index contributed by atoms with van der Waals surface area (Å²) in [4.78, 5) is 16.3. The molecule has 13 heteroatoms. The number of halogens is 4. The van der Waals surface area contributed by atoms with Crippen molar-refractivity contribution < 1.29 is 22.7 Å². The highest BCUT2D eigenvalue weighted by Crippen LogP contribution is 2.28. The number of aromatic nitrogens is 5. The number of pyridine rings is 1. The Morgan fingerprint density at radius 3 is 2.65 bits per heavy atom. The highest BCUT2D eigenvalue weighted by atomic mass is 35.5. The van der Waals surface area contributed by atoms with Gasteiger partial charge < -0.3 is 15.8 Å². The number of hydrogen-bond acceptors (Lipinski definition) is 6. The van der Waals surface area contributed by atoms with Crippen LogP contribution in [0.3, 0.4) is 0 Å². The van der Waals surface area contributed by atoms with E-state index in [1.54, 1.807) is 24.5 Å². The Labute approximate surface area is 177 Å². The zero-order valence-electron chi connectivity index (χ0n) is 15.5. The van der Waals surface area contributed by atoms with Crippen molar-refractivity contribution >= 4 is 34.8 Å². The number of carbonyl (C=O) groups excluding carboxylic acids is 1. The molecule has 3 aromatic heterocycles. The summed E-state index contributed by atoms with van der Waals surface area (Å²) < 4.78 is 43.2. The van der Waals surface area contributed by atoms with Crippen LogP contribution in [0.2, 0.25) is 5.15 Å². The van der Waals surface area contributed by atoms with Crippen LogP contribution >= 0.6 is 11.6 Å². The normalized spacial score (nSPS) is 11.6. The van der Waals surface area contributed by atoms with Gasteiger partial charge in [0.2, 0.25) is 11.9 Å². The Balaban J connectivity index is 1.44. The number of amides is 1. The number of anilines is 2. The number of nitrogens with one attached hydrogen (secondary N) is 1. The van der Waals surface area contributed by atoms with E-state index in [2.05, 4.69) is 25.2 Å². The topological polar surface area (TPSA) is 112 Å². The third-order valence-electron chi connectivity index (χ3n) is 4.06. The summed E-state index contributed by atoms with van der Waals surface area (Å²) in [5, 5.41) is 10.8. The fourth-order valence-electron chi connectivity index (χ4n) is 2.83. The predicted octanol–water partition coefficient (Wildman–Crippen LogP) is 3.37. The van der Waals surface area contributed by atoms with Crippen LogP contribution in [0.1, 0.15) is 0 Å². The zero-order valence-corrected chi connectivity index (χ0v) is 16.2. The van der Waals surface area contributed by atoms with Gasteiger partial charge in [-0.1, -0.05) is 11.6 Å². The van der Waals surface area contributed by atoms with Crippen molar-refractivity contribution in [3.8, 4) is 16.9 Å². The maximum absolute atomic E-state index is 12.3. The lowest BCUT2D eigenvalue weighted by molar-refractivity contribution is -0.274. The maximum atomic E-state index is 12.3. The van der Waals surface area contributed by atoms with Crippen LogP contribution < -0.4 is 15.8 Å². The van der Waals surface area contributed by atoms with Gasteiger partial charge in [-0.3, -0.25) is 9.48 Å². The molecule has 3 N–H and O–H groups in total. The van der Waals surface area contributed by atoms with Gasteiger partial charge in [0.25, 0.3) is 0 Å². The molecule has 31 heavy (non-hydrogen) atoms. The number of fused-ring (bicyclic) bond motifs is 1. The number of nitrogen functional groups attached to an aromatic ring is 1. The molecule has 0 aliphatic carbocycles. The lowest BCUT2D eigenvalue weighted by atomic mass is 10.1. The quantitative estimate of drug-likeness (QED) is 0.481. The molecule has 0 spiro atoms. The second-order valence-corrected chi connectivity index (χ2v) is 6.70. The Bertz CT molecular complexity index is 1250. The molecule has 0 radical (unpaired) electrons. The largest absolute Gasteiger partial charge is 0.573 e. The van der Waals surface area contributed by atoms with Crippen molar-refractivity contribution in [2.24, 2.45) is 0 Å². The van der Waals surface area contributed by atoms with Gasteiger partial charge in [0.1, 0.15) is 12.3 Å². The fraction of sp³-hybridized carbons (Fsp3) is 0.111. The summed E-state index contributed by atoms with van der Waals surface area (Å²) in [5.74, 6) is -0.704. The van der Waals surface area contributed by atoms with Gasteiger partial charge in [0.05, 0.1) is 0 Å².